The summed E-state index contributed by atoms with van der Waals surface area (Å²) in [5.74, 6) is -0.429. The van der Waals surface area contributed by atoms with Crippen LogP contribution in [0.5, 0.6) is 5.75 Å². The molecule has 3 aromatic rings. The van der Waals surface area contributed by atoms with Crippen molar-refractivity contribution in [2.45, 2.75) is 38.9 Å². The van der Waals surface area contributed by atoms with E-state index in [2.05, 4.69) is 20.4 Å². The van der Waals surface area contributed by atoms with Crippen molar-refractivity contribution >= 4 is 17.4 Å². The number of aryl methyl sites for hydroxylation is 2. The summed E-state index contributed by atoms with van der Waals surface area (Å²) in [4.78, 5) is 20.3. The summed E-state index contributed by atoms with van der Waals surface area (Å²) in [6.45, 7) is 0.535. The molecule has 170 valence electrons. The van der Waals surface area contributed by atoms with Crippen LogP contribution in [0.15, 0.2) is 36.9 Å². The second-order valence-corrected chi connectivity index (χ2v) is 7.01. The number of alkyl halides is 3. The molecule has 0 fully saturated rings. The van der Waals surface area contributed by atoms with E-state index in [0.29, 0.717) is 41.6 Å². The lowest BCUT2D eigenvalue weighted by atomic mass is 10.00. The first kappa shape index (κ1) is 23.2. The van der Waals surface area contributed by atoms with Crippen molar-refractivity contribution in [1.29, 1.82) is 0 Å². The van der Waals surface area contributed by atoms with Gasteiger partial charge in [0.2, 0.25) is 5.95 Å². The number of halogens is 4. The molecule has 11 heteroatoms. The van der Waals surface area contributed by atoms with Gasteiger partial charge >= 0.3 is 6.18 Å². The number of aromatic nitrogens is 4. The maximum absolute atomic E-state index is 14.6. The standard InChI is InChI=1S/C21H21F4N5O2/c1-3-17(31)15-6-14(19(22)18(7-15)32-2)5-4-13-8-26-20(27-9-13)29-16-10-28-30(11-16)12-21(23,24)25/h6-11H,3-5,12H2,1-2H3,(H,26,27,29). The number of methoxy groups -OCH3 is 1. The molecule has 0 amide bonds. The van der Waals surface area contributed by atoms with Gasteiger partial charge in [-0.25, -0.2) is 14.4 Å². The summed E-state index contributed by atoms with van der Waals surface area (Å²) in [5, 5.41) is 6.41. The molecule has 7 nitrogen and oxygen atoms in total. The van der Waals surface area contributed by atoms with Gasteiger partial charge in [-0.3, -0.25) is 9.48 Å². The van der Waals surface area contributed by atoms with Crippen LogP contribution >= 0.6 is 0 Å². The molecule has 0 atom stereocenters. The summed E-state index contributed by atoms with van der Waals surface area (Å²) in [5.41, 5.74) is 1.77. The molecular formula is C21H21F4N5O2. The lowest BCUT2D eigenvalue weighted by molar-refractivity contribution is -0.142. The van der Waals surface area contributed by atoms with Gasteiger partial charge in [-0.15, -0.1) is 0 Å². The van der Waals surface area contributed by atoms with Crippen LogP contribution in [0.2, 0.25) is 0 Å². The summed E-state index contributed by atoms with van der Waals surface area (Å²) in [6, 6.07) is 2.92. The minimum Gasteiger partial charge on any atom is -0.494 e. The summed E-state index contributed by atoms with van der Waals surface area (Å²) < 4.78 is 57.6. The number of benzene rings is 1. The van der Waals surface area contributed by atoms with Gasteiger partial charge in [0.25, 0.3) is 0 Å². The molecule has 0 aliphatic rings. The van der Waals surface area contributed by atoms with Crippen LogP contribution in [0, 0.1) is 5.82 Å². The van der Waals surface area contributed by atoms with Gasteiger partial charge in [0.15, 0.2) is 17.3 Å². The molecule has 0 saturated carbocycles. The van der Waals surface area contributed by atoms with Crippen LogP contribution in [0.25, 0.3) is 0 Å². The topological polar surface area (TPSA) is 81.9 Å². The molecule has 0 saturated heterocycles. The third-order valence-electron chi connectivity index (χ3n) is 4.60. The third-order valence-corrected chi connectivity index (χ3v) is 4.60. The van der Waals surface area contributed by atoms with Gasteiger partial charge in [0.05, 0.1) is 19.0 Å². The number of hydrogen-bond acceptors (Lipinski definition) is 6. The van der Waals surface area contributed by atoms with Gasteiger partial charge < -0.3 is 10.1 Å². The Balaban J connectivity index is 1.65. The molecule has 0 radical (unpaired) electrons. The number of ether oxygens (including phenoxy) is 1. The summed E-state index contributed by atoms with van der Waals surface area (Å²) >= 11 is 0. The quantitative estimate of drug-likeness (QED) is 0.381. The van der Waals surface area contributed by atoms with Gasteiger partial charge in [0, 0.05) is 30.6 Å². The second-order valence-electron chi connectivity index (χ2n) is 7.01. The highest BCUT2D eigenvalue weighted by Gasteiger charge is 2.28. The van der Waals surface area contributed by atoms with Gasteiger partial charge in [-0.2, -0.15) is 18.3 Å². The zero-order valence-electron chi connectivity index (χ0n) is 17.4. The Bertz CT molecular complexity index is 1080. The van der Waals surface area contributed by atoms with E-state index in [9.17, 15) is 22.4 Å². The molecule has 3 rings (SSSR count). The van der Waals surface area contributed by atoms with Crippen molar-refractivity contribution in [3.8, 4) is 5.75 Å². The normalized spacial score (nSPS) is 11.4. The van der Waals surface area contributed by atoms with Gasteiger partial charge in [-0.05, 0) is 36.1 Å². The second kappa shape index (κ2) is 9.75. The van der Waals surface area contributed by atoms with Crippen LogP contribution in [-0.4, -0.2) is 38.8 Å². The largest absolute Gasteiger partial charge is 0.494 e. The molecule has 0 aliphatic carbocycles. The van der Waals surface area contributed by atoms with E-state index >= 15 is 0 Å². The van der Waals surface area contributed by atoms with E-state index in [-0.39, 0.29) is 17.5 Å². The summed E-state index contributed by atoms with van der Waals surface area (Å²) in [7, 11) is 1.34. The van der Waals surface area contributed by atoms with Crippen molar-refractivity contribution in [3.05, 3.63) is 59.4 Å². The molecule has 1 N–H and O–H groups in total. The number of hydrogen-bond donors (Lipinski definition) is 1. The molecular weight excluding hydrogens is 430 g/mol. The number of anilines is 2. The summed E-state index contributed by atoms with van der Waals surface area (Å²) in [6.07, 6.45) is 2.15. The molecule has 0 bridgehead atoms. The molecule has 2 heterocycles. The van der Waals surface area contributed by atoms with Crippen molar-refractivity contribution in [1.82, 2.24) is 19.7 Å². The van der Waals surface area contributed by atoms with Crippen molar-refractivity contribution < 1.29 is 27.1 Å². The molecule has 2 aromatic heterocycles. The Hall–Kier alpha value is -3.50. The van der Waals surface area contributed by atoms with Crippen LogP contribution in [0.1, 0.15) is 34.8 Å². The van der Waals surface area contributed by atoms with Crippen molar-refractivity contribution in [3.63, 3.8) is 0 Å². The predicted molar refractivity (Wildman–Crippen MR) is 109 cm³/mol. The number of nitrogens with zero attached hydrogens (tertiary/aromatic N) is 4. The minimum atomic E-state index is -4.37. The highest BCUT2D eigenvalue weighted by atomic mass is 19.4. The molecule has 0 unspecified atom stereocenters. The molecule has 1 aromatic carbocycles. The average Bonchev–Trinajstić information content (AvgIpc) is 3.18. The monoisotopic (exact) mass is 451 g/mol. The fourth-order valence-corrected chi connectivity index (χ4v) is 3.01. The SMILES string of the molecule is CCC(=O)c1cc(CCc2cnc(Nc3cnn(CC(F)(F)F)c3)nc2)c(F)c(OC)c1. The van der Waals surface area contributed by atoms with Gasteiger partial charge in [-0.1, -0.05) is 6.92 Å². The van der Waals surface area contributed by atoms with Gasteiger partial charge in [0.1, 0.15) is 6.54 Å². The van der Waals surface area contributed by atoms with E-state index < -0.39 is 18.5 Å². The Labute approximate surface area is 181 Å². The third kappa shape index (κ3) is 6.02. The van der Waals surface area contributed by atoms with Crippen LogP contribution in [0.4, 0.5) is 29.2 Å². The maximum Gasteiger partial charge on any atom is 0.408 e. The van der Waals surface area contributed by atoms with E-state index in [1.165, 1.54) is 44.0 Å². The number of nitrogens with one attached hydrogen (secondary N) is 1. The van der Waals surface area contributed by atoms with E-state index in [1.54, 1.807) is 6.92 Å². The molecule has 32 heavy (non-hydrogen) atoms. The van der Waals surface area contributed by atoms with Crippen molar-refractivity contribution in [2.75, 3.05) is 12.4 Å². The lowest BCUT2D eigenvalue weighted by Gasteiger charge is -2.11. The Morgan fingerprint density at radius 3 is 2.50 bits per heavy atom. The highest BCUT2D eigenvalue weighted by Crippen LogP contribution is 2.25. The minimum absolute atomic E-state index is 0.0150. The van der Waals surface area contributed by atoms with Crippen LogP contribution in [-0.2, 0) is 19.4 Å². The average molecular weight is 451 g/mol. The smallest absolute Gasteiger partial charge is 0.408 e. The first-order chi connectivity index (χ1) is 15.2. The number of Topliss-reactive ketones (excluding diaryl/α,β-unsaturated/α-hetero) is 1. The van der Waals surface area contributed by atoms with Crippen LogP contribution < -0.4 is 10.1 Å². The molecule has 0 aliphatic heterocycles. The van der Waals surface area contributed by atoms with E-state index in [0.717, 1.165) is 4.68 Å². The predicted octanol–water partition coefficient (Wildman–Crippen LogP) is 4.50. The number of ketones is 1. The Morgan fingerprint density at radius 1 is 1.16 bits per heavy atom. The Kier molecular flexibility index (Phi) is 7.06. The highest BCUT2D eigenvalue weighted by molar-refractivity contribution is 5.96. The van der Waals surface area contributed by atoms with E-state index in [4.69, 9.17) is 4.74 Å². The fourth-order valence-electron chi connectivity index (χ4n) is 3.01. The maximum atomic E-state index is 14.6. The number of carbonyl (C=O) groups is 1. The number of carbonyl (C=O) groups excluding carboxylic acids is 1. The van der Waals surface area contributed by atoms with E-state index in [1.807, 2.05) is 0 Å². The first-order valence-corrected chi connectivity index (χ1v) is 9.75. The first-order valence-electron chi connectivity index (χ1n) is 9.75. The Morgan fingerprint density at radius 2 is 1.88 bits per heavy atom. The van der Waals surface area contributed by atoms with Crippen molar-refractivity contribution in [2.24, 2.45) is 0 Å². The number of rotatable bonds is 9. The van der Waals surface area contributed by atoms with Crippen LogP contribution in [0.3, 0.4) is 0 Å². The zero-order chi connectivity index (χ0) is 23.3. The zero-order valence-corrected chi connectivity index (χ0v) is 17.4. The fraction of sp³-hybridized carbons (Fsp3) is 0.333. The lowest BCUT2D eigenvalue weighted by Crippen LogP contribution is -2.17. The molecule has 0 spiro atoms.